The molecule has 0 spiro atoms. The van der Waals surface area contributed by atoms with E-state index in [1.807, 2.05) is 0 Å². The van der Waals surface area contributed by atoms with Gasteiger partial charge in [-0.1, -0.05) is 6.07 Å². The number of halogens is 1. The van der Waals surface area contributed by atoms with Crippen molar-refractivity contribution < 1.29 is 17.9 Å². The molecule has 0 bridgehead atoms. The Morgan fingerprint density at radius 1 is 1.53 bits per heavy atom. The van der Waals surface area contributed by atoms with Gasteiger partial charge in [0, 0.05) is 0 Å². The first-order valence-corrected chi connectivity index (χ1v) is 6.80. The van der Waals surface area contributed by atoms with Crippen molar-refractivity contribution in [1.82, 2.24) is 9.71 Å². The van der Waals surface area contributed by atoms with Gasteiger partial charge < -0.3 is 4.74 Å². The fourth-order valence-electron chi connectivity index (χ4n) is 0.899. The molecule has 0 unspecified atom stereocenters. The second-order valence-corrected chi connectivity index (χ2v) is 5.00. The number of ether oxygens (including phenoxy) is 1. The Hall–Kier alpha value is -1.35. The van der Waals surface area contributed by atoms with Gasteiger partial charge in [0.1, 0.15) is 10.4 Å². The van der Waals surface area contributed by atoms with E-state index >= 15 is 0 Å². The molecule has 0 aromatic carbocycles. The van der Waals surface area contributed by atoms with E-state index in [1.165, 1.54) is 6.07 Å². The normalized spacial score (nSPS) is 10.7. The minimum absolute atomic E-state index is 0.0798. The average molecular weight is 324 g/mol. The van der Waals surface area contributed by atoms with Crippen LogP contribution in [0.2, 0.25) is 0 Å². The molecule has 1 rings (SSSR count). The molecule has 1 aromatic rings. The van der Waals surface area contributed by atoms with Crippen LogP contribution in [0.15, 0.2) is 22.8 Å². The Kier molecular flexibility index (Phi) is 4.70. The van der Waals surface area contributed by atoms with Crippen molar-refractivity contribution in [3.05, 3.63) is 22.8 Å². The van der Waals surface area contributed by atoms with Crippen LogP contribution in [0.3, 0.4) is 0 Å². The van der Waals surface area contributed by atoms with Gasteiger partial charge in [-0.2, -0.15) is 8.42 Å². The lowest BCUT2D eigenvalue weighted by Crippen LogP contribution is -2.35. The first-order valence-electron chi connectivity index (χ1n) is 4.53. The van der Waals surface area contributed by atoms with Crippen molar-refractivity contribution in [2.45, 2.75) is 6.92 Å². The van der Waals surface area contributed by atoms with Crippen LogP contribution in [0.4, 0.5) is 10.6 Å². The molecule has 0 saturated heterocycles. The zero-order valence-electron chi connectivity index (χ0n) is 8.81. The zero-order valence-corrected chi connectivity index (χ0v) is 11.2. The third-order valence-electron chi connectivity index (χ3n) is 1.45. The summed E-state index contributed by atoms with van der Waals surface area (Å²) in [6.07, 6.45) is -1.05. The van der Waals surface area contributed by atoms with E-state index in [1.54, 1.807) is 23.8 Å². The molecule has 0 aliphatic rings. The number of amides is 1. The highest BCUT2D eigenvalue weighted by atomic mass is 79.9. The number of hydrogen-bond acceptors (Lipinski definition) is 5. The van der Waals surface area contributed by atoms with Crippen LogP contribution in [0, 0.1) is 0 Å². The van der Waals surface area contributed by atoms with E-state index in [-0.39, 0.29) is 12.4 Å². The van der Waals surface area contributed by atoms with Gasteiger partial charge in [-0.3, -0.25) is 4.72 Å². The Morgan fingerprint density at radius 2 is 2.24 bits per heavy atom. The highest BCUT2D eigenvalue weighted by Gasteiger charge is 2.15. The SMILES string of the molecule is CCOC(=O)NS(=O)(=O)Nc1cccc(Br)n1. The maximum Gasteiger partial charge on any atom is 0.422 e. The largest absolute Gasteiger partial charge is 0.449 e. The van der Waals surface area contributed by atoms with Gasteiger partial charge in [0.05, 0.1) is 6.61 Å². The summed E-state index contributed by atoms with van der Waals surface area (Å²) in [5, 5.41) is 0. The monoisotopic (exact) mass is 323 g/mol. The quantitative estimate of drug-likeness (QED) is 0.812. The van der Waals surface area contributed by atoms with Crippen LogP contribution >= 0.6 is 15.9 Å². The van der Waals surface area contributed by atoms with E-state index < -0.39 is 16.3 Å². The fourth-order valence-corrected chi connectivity index (χ4v) is 1.96. The molecule has 0 saturated carbocycles. The smallest absolute Gasteiger partial charge is 0.422 e. The number of nitrogens with zero attached hydrogens (tertiary/aromatic N) is 1. The third kappa shape index (κ3) is 5.00. The molecule has 0 fully saturated rings. The number of nitrogens with one attached hydrogen (secondary N) is 2. The molecule has 9 heteroatoms. The van der Waals surface area contributed by atoms with E-state index in [2.05, 4.69) is 30.4 Å². The fraction of sp³-hybridized carbons (Fsp3) is 0.250. The number of rotatable bonds is 4. The Bertz CT molecular complexity index is 505. The average Bonchev–Trinajstić information content (AvgIpc) is 2.15. The van der Waals surface area contributed by atoms with Crippen LogP contribution in [0.1, 0.15) is 6.92 Å². The summed E-state index contributed by atoms with van der Waals surface area (Å²) >= 11 is 3.09. The van der Waals surface area contributed by atoms with E-state index in [4.69, 9.17) is 0 Å². The molecule has 1 amide bonds. The Balaban J connectivity index is 2.70. The minimum atomic E-state index is -4.03. The van der Waals surface area contributed by atoms with Crippen molar-refractivity contribution in [2.75, 3.05) is 11.3 Å². The van der Waals surface area contributed by atoms with Gasteiger partial charge in [-0.25, -0.2) is 14.5 Å². The molecule has 1 aromatic heterocycles. The molecule has 2 N–H and O–H groups in total. The van der Waals surface area contributed by atoms with Crippen LogP contribution in [-0.2, 0) is 14.9 Å². The van der Waals surface area contributed by atoms with Crippen molar-refractivity contribution in [3.8, 4) is 0 Å². The van der Waals surface area contributed by atoms with Crippen molar-refractivity contribution in [3.63, 3.8) is 0 Å². The number of pyridine rings is 1. The van der Waals surface area contributed by atoms with Gasteiger partial charge in [0.15, 0.2) is 0 Å². The summed E-state index contributed by atoms with van der Waals surface area (Å²) in [7, 11) is -4.03. The summed E-state index contributed by atoms with van der Waals surface area (Å²) in [6, 6.07) is 4.67. The van der Waals surface area contributed by atoms with E-state index in [9.17, 15) is 13.2 Å². The minimum Gasteiger partial charge on any atom is -0.449 e. The number of carbonyl (C=O) groups is 1. The van der Waals surface area contributed by atoms with Crippen LogP contribution < -0.4 is 9.44 Å². The number of hydrogen-bond donors (Lipinski definition) is 2. The Morgan fingerprint density at radius 3 is 2.82 bits per heavy atom. The molecular formula is C8H10BrN3O4S. The highest BCUT2D eigenvalue weighted by molar-refractivity contribution is 9.10. The van der Waals surface area contributed by atoms with Crippen LogP contribution in [-0.4, -0.2) is 26.1 Å². The first-order chi connectivity index (χ1) is 7.93. The zero-order chi connectivity index (χ0) is 12.9. The van der Waals surface area contributed by atoms with Gasteiger partial charge in [-0.15, -0.1) is 0 Å². The molecule has 1 heterocycles. The molecule has 7 nitrogen and oxygen atoms in total. The predicted molar refractivity (Wildman–Crippen MR) is 64.6 cm³/mol. The van der Waals surface area contributed by atoms with Crippen LogP contribution in [0.5, 0.6) is 0 Å². The molecule has 94 valence electrons. The number of carbonyl (C=O) groups excluding carboxylic acids is 1. The topological polar surface area (TPSA) is 97.4 Å². The lowest BCUT2D eigenvalue weighted by atomic mass is 10.5. The van der Waals surface area contributed by atoms with Gasteiger partial charge in [0.25, 0.3) is 0 Å². The Labute approximate surface area is 107 Å². The standard InChI is InChI=1S/C8H10BrN3O4S/c1-2-16-8(13)12-17(14,15)11-7-5-3-4-6(9)10-7/h3-5H,2H2,1H3,(H,10,11)(H,12,13). The summed E-state index contributed by atoms with van der Waals surface area (Å²) in [5.41, 5.74) is 0. The van der Waals surface area contributed by atoms with E-state index in [0.717, 1.165) is 0 Å². The van der Waals surface area contributed by atoms with E-state index in [0.29, 0.717) is 4.60 Å². The molecule has 0 aliphatic heterocycles. The summed E-state index contributed by atoms with van der Waals surface area (Å²) < 4.78 is 31.5. The molecular weight excluding hydrogens is 314 g/mol. The van der Waals surface area contributed by atoms with Gasteiger partial charge in [-0.05, 0) is 35.0 Å². The number of anilines is 1. The third-order valence-corrected chi connectivity index (χ3v) is 2.80. The maximum atomic E-state index is 11.4. The van der Waals surface area contributed by atoms with Gasteiger partial charge >= 0.3 is 16.3 Å². The highest BCUT2D eigenvalue weighted by Crippen LogP contribution is 2.10. The number of aromatic nitrogens is 1. The summed E-state index contributed by atoms with van der Waals surface area (Å²) in [4.78, 5) is 14.8. The lowest BCUT2D eigenvalue weighted by molar-refractivity contribution is 0.159. The molecule has 0 aliphatic carbocycles. The molecule has 0 atom stereocenters. The summed E-state index contributed by atoms with van der Waals surface area (Å²) in [5.74, 6) is 0.0798. The van der Waals surface area contributed by atoms with Crippen molar-refractivity contribution >= 4 is 38.1 Å². The predicted octanol–water partition coefficient (Wildman–Crippen LogP) is 1.25. The van der Waals surface area contributed by atoms with Crippen molar-refractivity contribution in [1.29, 1.82) is 0 Å². The lowest BCUT2D eigenvalue weighted by Gasteiger charge is -2.08. The maximum absolute atomic E-state index is 11.4. The summed E-state index contributed by atoms with van der Waals surface area (Å²) in [6.45, 7) is 1.64. The van der Waals surface area contributed by atoms with Crippen molar-refractivity contribution in [2.24, 2.45) is 0 Å². The second-order valence-electron chi connectivity index (χ2n) is 2.77. The molecule has 17 heavy (non-hydrogen) atoms. The first kappa shape index (κ1) is 13.7. The second kappa shape index (κ2) is 5.82. The van der Waals surface area contributed by atoms with Gasteiger partial charge in [0.2, 0.25) is 0 Å². The molecule has 0 radical (unpaired) electrons. The van der Waals surface area contributed by atoms with Crippen LogP contribution in [0.25, 0.3) is 0 Å².